The van der Waals surface area contributed by atoms with Gasteiger partial charge < -0.3 is 9.84 Å². The first kappa shape index (κ1) is 20.5. The van der Waals surface area contributed by atoms with E-state index in [0.717, 1.165) is 37.3 Å². The van der Waals surface area contributed by atoms with Gasteiger partial charge in [0.15, 0.2) is 0 Å². The van der Waals surface area contributed by atoms with Gasteiger partial charge in [-0.1, -0.05) is 59.2 Å². The number of carbonyl (C=O) groups excluding carboxylic acids is 1. The fraction of sp³-hybridized carbons (Fsp3) is 0.318. The molecule has 1 amide bonds. The molecule has 0 spiro atoms. The van der Waals surface area contributed by atoms with Crippen LogP contribution in [0.25, 0.3) is 11.4 Å². The van der Waals surface area contributed by atoms with E-state index in [1.807, 2.05) is 54.6 Å². The van der Waals surface area contributed by atoms with Crippen LogP contribution in [0.5, 0.6) is 0 Å². The smallest absolute Gasteiger partial charge is 0.241 e. The van der Waals surface area contributed by atoms with Crippen molar-refractivity contribution >= 4 is 17.5 Å². The van der Waals surface area contributed by atoms with Gasteiger partial charge in [0.1, 0.15) is 0 Å². The molecule has 7 nitrogen and oxygen atoms in total. The molecule has 1 N–H and O–H groups in total. The number of nitrogens with one attached hydrogen (secondary N) is 1. The summed E-state index contributed by atoms with van der Waals surface area (Å²) in [5.74, 6) is 1.18. The Bertz CT molecular complexity index is 970. The Morgan fingerprint density at radius 2 is 1.80 bits per heavy atom. The van der Waals surface area contributed by atoms with Crippen LogP contribution in [0, 0.1) is 0 Å². The van der Waals surface area contributed by atoms with Gasteiger partial charge in [0.25, 0.3) is 0 Å². The SMILES string of the molecule is O=C(CN1CCN(Cc2nc(-c3cccc(Cl)c3)no2)CC1)NCc1ccccc1. The predicted octanol–water partition coefficient (Wildman–Crippen LogP) is 2.82. The number of rotatable bonds is 7. The maximum atomic E-state index is 12.2. The molecule has 0 unspecified atom stereocenters. The first-order valence-corrected chi connectivity index (χ1v) is 10.4. The Morgan fingerprint density at radius 1 is 1.03 bits per heavy atom. The maximum Gasteiger partial charge on any atom is 0.241 e. The van der Waals surface area contributed by atoms with Gasteiger partial charge in [-0.25, -0.2) is 0 Å². The predicted molar refractivity (Wildman–Crippen MR) is 115 cm³/mol. The van der Waals surface area contributed by atoms with Crippen molar-refractivity contribution in [2.45, 2.75) is 13.1 Å². The first-order valence-electron chi connectivity index (χ1n) is 9.99. The van der Waals surface area contributed by atoms with Crippen molar-refractivity contribution in [3.05, 3.63) is 71.1 Å². The Kier molecular flexibility index (Phi) is 6.74. The number of aromatic nitrogens is 2. The molecule has 30 heavy (non-hydrogen) atoms. The summed E-state index contributed by atoms with van der Waals surface area (Å²) in [5.41, 5.74) is 1.94. The number of hydrogen-bond acceptors (Lipinski definition) is 6. The van der Waals surface area contributed by atoms with Gasteiger partial charge >= 0.3 is 0 Å². The third-order valence-electron chi connectivity index (χ3n) is 5.07. The summed E-state index contributed by atoms with van der Waals surface area (Å²) >= 11 is 6.03. The van der Waals surface area contributed by atoms with E-state index in [9.17, 15) is 4.79 Å². The van der Waals surface area contributed by atoms with E-state index >= 15 is 0 Å². The van der Waals surface area contributed by atoms with Crippen molar-refractivity contribution in [2.24, 2.45) is 0 Å². The largest absolute Gasteiger partial charge is 0.351 e. The van der Waals surface area contributed by atoms with Crippen LogP contribution in [0.15, 0.2) is 59.1 Å². The van der Waals surface area contributed by atoms with Crippen molar-refractivity contribution in [2.75, 3.05) is 32.7 Å². The van der Waals surface area contributed by atoms with E-state index in [-0.39, 0.29) is 5.91 Å². The lowest BCUT2D eigenvalue weighted by atomic mass is 10.2. The van der Waals surface area contributed by atoms with Crippen LogP contribution in [-0.2, 0) is 17.9 Å². The van der Waals surface area contributed by atoms with Crippen molar-refractivity contribution in [3.8, 4) is 11.4 Å². The van der Waals surface area contributed by atoms with Crippen LogP contribution in [0.2, 0.25) is 5.02 Å². The first-order chi connectivity index (χ1) is 14.7. The molecule has 0 aliphatic carbocycles. The highest BCUT2D eigenvalue weighted by Gasteiger charge is 2.21. The van der Waals surface area contributed by atoms with Crippen molar-refractivity contribution in [3.63, 3.8) is 0 Å². The Balaban J connectivity index is 1.21. The molecule has 8 heteroatoms. The molecule has 0 radical (unpaired) electrons. The Labute approximate surface area is 180 Å². The van der Waals surface area contributed by atoms with Gasteiger partial charge in [-0.05, 0) is 17.7 Å². The van der Waals surface area contributed by atoms with E-state index in [2.05, 4.69) is 25.3 Å². The Morgan fingerprint density at radius 3 is 2.57 bits per heavy atom. The summed E-state index contributed by atoms with van der Waals surface area (Å²) in [6, 6.07) is 17.3. The van der Waals surface area contributed by atoms with Crippen LogP contribution >= 0.6 is 11.6 Å². The van der Waals surface area contributed by atoms with Crippen LogP contribution in [-0.4, -0.2) is 58.6 Å². The number of halogens is 1. The zero-order valence-electron chi connectivity index (χ0n) is 16.6. The van der Waals surface area contributed by atoms with Gasteiger partial charge in [0.2, 0.25) is 17.6 Å². The zero-order chi connectivity index (χ0) is 20.8. The average Bonchev–Trinajstić information content (AvgIpc) is 3.23. The summed E-state index contributed by atoms with van der Waals surface area (Å²) in [4.78, 5) is 21.1. The van der Waals surface area contributed by atoms with Crippen molar-refractivity contribution < 1.29 is 9.32 Å². The molecule has 1 saturated heterocycles. The van der Waals surface area contributed by atoms with E-state index in [0.29, 0.717) is 36.4 Å². The molecule has 156 valence electrons. The summed E-state index contributed by atoms with van der Waals surface area (Å²) < 4.78 is 5.40. The molecule has 1 aliphatic rings. The molecule has 1 aliphatic heterocycles. The van der Waals surface area contributed by atoms with E-state index < -0.39 is 0 Å². The van der Waals surface area contributed by atoms with Crippen molar-refractivity contribution in [1.82, 2.24) is 25.3 Å². The molecule has 1 aromatic heterocycles. The molecule has 0 atom stereocenters. The van der Waals surface area contributed by atoms with Crippen LogP contribution < -0.4 is 5.32 Å². The molecule has 2 aromatic carbocycles. The maximum absolute atomic E-state index is 12.2. The second kappa shape index (κ2) is 9.84. The topological polar surface area (TPSA) is 74.5 Å². The minimum Gasteiger partial charge on any atom is -0.351 e. The van der Waals surface area contributed by atoms with Gasteiger partial charge in [-0.2, -0.15) is 4.98 Å². The van der Waals surface area contributed by atoms with E-state index in [4.69, 9.17) is 16.1 Å². The molecular weight excluding hydrogens is 402 g/mol. The van der Waals surface area contributed by atoms with Crippen LogP contribution in [0.3, 0.4) is 0 Å². The van der Waals surface area contributed by atoms with E-state index in [1.165, 1.54) is 0 Å². The highest BCUT2D eigenvalue weighted by Crippen LogP contribution is 2.20. The summed E-state index contributed by atoms with van der Waals surface area (Å²) in [7, 11) is 0. The van der Waals surface area contributed by atoms with Crippen molar-refractivity contribution in [1.29, 1.82) is 0 Å². The second-order valence-electron chi connectivity index (χ2n) is 7.34. The van der Waals surface area contributed by atoms with Gasteiger partial charge in [-0.3, -0.25) is 14.6 Å². The normalized spacial score (nSPS) is 15.2. The average molecular weight is 426 g/mol. The molecule has 0 saturated carbocycles. The quantitative estimate of drug-likeness (QED) is 0.627. The molecular formula is C22H24ClN5O2. The van der Waals surface area contributed by atoms with Gasteiger partial charge in [0, 0.05) is 43.3 Å². The third kappa shape index (κ3) is 5.66. The standard InChI is InChI=1S/C22H24ClN5O2/c23-19-8-4-7-18(13-19)22-25-21(30-26-22)16-28-11-9-27(10-12-28)15-20(29)24-14-17-5-2-1-3-6-17/h1-8,13H,9-12,14-16H2,(H,24,29). The lowest BCUT2D eigenvalue weighted by molar-refractivity contribution is -0.122. The molecule has 2 heterocycles. The summed E-state index contributed by atoms with van der Waals surface area (Å²) in [6.07, 6.45) is 0. The molecule has 0 bridgehead atoms. The number of amides is 1. The molecule has 1 fully saturated rings. The molecule has 4 rings (SSSR count). The zero-order valence-corrected chi connectivity index (χ0v) is 17.4. The van der Waals surface area contributed by atoms with Gasteiger partial charge in [-0.15, -0.1) is 0 Å². The lowest BCUT2D eigenvalue weighted by Crippen LogP contribution is -2.49. The van der Waals surface area contributed by atoms with Crippen LogP contribution in [0.1, 0.15) is 11.5 Å². The minimum absolute atomic E-state index is 0.0513. The summed E-state index contributed by atoms with van der Waals surface area (Å²) in [6.45, 7) is 4.93. The monoisotopic (exact) mass is 425 g/mol. The third-order valence-corrected chi connectivity index (χ3v) is 5.31. The number of nitrogens with zero attached hydrogens (tertiary/aromatic N) is 4. The second-order valence-corrected chi connectivity index (χ2v) is 7.77. The van der Waals surface area contributed by atoms with Gasteiger partial charge in [0.05, 0.1) is 13.1 Å². The van der Waals surface area contributed by atoms with Crippen LogP contribution in [0.4, 0.5) is 0 Å². The lowest BCUT2D eigenvalue weighted by Gasteiger charge is -2.33. The highest BCUT2D eigenvalue weighted by atomic mass is 35.5. The fourth-order valence-electron chi connectivity index (χ4n) is 3.42. The number of benzene rings is 2. The minimum atomic E-state index is 0.0513. The number of hydrogen-bond donors (Lipinski definition) is 1. The fourth-order valence-corrected chi connectivity index (χ4v) is 3.61. The summed E-state index contributed by atoms with van der Waals surface area (Å²) in [5, 5.41) is 7.68. The molecule has 3 aromatic rings. The highest BCUT2D eigenvalue weighted by molar-refractivity contribution is 6.30. The number of piperazine rings is 1. The van der Waals surface area contributed by atoms with E-state index in [1.54, 1.807) is 0 Å². The number of carbonyl (C=O) groups is 1. The Hall–Kier alpha value is -2.74.